The van der Waals surface area contributed by atoms with Crippen LogP contribution in [0.2, 0.25) is 0 Å². The van der Waals surface area contributed by atoms with Crippen molar-refractivity contribution in [3.05, 3.63) is 0 Å². The SMILES string of the molecule is C[C@@H]1CN([C@H]2CC[C@@H](C)CC2)C[C@H](C)O1. The van der Waals surface area contributed by atoms with Crippen LogP contribution in [-0.4, -0.2) is 36.2 Å². The molecule has 1 saturated carbocycles. The van der Waals surface area contributed by atoms with E-state index in [4.69, 9.17) is 4.74 Å². The highest BCUT2D eigenvalue weighted by Crippen LogP contribution is 2.28. The fourth-order valence-electron chi connectivity index (χ4n) is 3.12. The highest BCUT2D eigenvalue weighted by Gasteiger charge is 2.29. The monoisotopic (exact) mass is 211 g/mol. The van der Waals surface area contributed by atoms with E-state index >= 15 is 0 Å². The van der Waals surface area contributed by atoms with Gasteiger partial charge in [0.15, 0.2) is 0 Å². The Bertz CT molecular complexity index is 189. The Labute approximate surface area is 94.0 Å². The van der Waals surface area contributed by atoms with Gasteiger partial charge in [0.05, 0.1) is 12.2 Å². The summed E-state index contributed by atoms with van der Waals surface area (Å²) in [5.74, 6) is 0.956. The standard InChI is InChI=1S/C13H25NO/c1-10-4-6-13(7-5-10)14-8-11(2)15-12(3)9-14/h10-13H,4-9H2,1-3H3/t10-,11-,12+,13+. The average Bonchev–Trinajstić information content (AvgIpc) is 2.17. The second-order valence-electron chi connectivity index (χ2n) is 5.62. The van der Waals surface area contributed by atoms with Crippen molar-refractivity contribution in [3.8, 4) is 0 Å². The molecule has 2 nitrogen and oxygen atoms in total. The Balaban J connectivity index is 1.87. The van der Waals surface area contributed by atoms with Crippen LogP contribution in [0.15, 0.2) is 0 Å². The fourth-order valence-corrected chi connectivity index (χ4v) is 3.12. The van der Waals surface area contributed by atoms with Gasteiger partial charge in [-0.1, -0.05) is 6.92 Å². The zero-order chi connectivity index (χ0) is 10.8. The van der Waals surface area contributed by atoms with Crippen LogP contribution in [0.3, 0.4) is 0 Å². The lowest BCUT2D eigenvalue weighted by Crippen LogP contribution is -2.50. The van der Waals surface area contributed by atoms with Gasteiger partial charge >= 0.3 is 0 Å². The van der Waals surface area contributed by atoms with E-state index in [0.717, 1.165) is 25.0 Å². The molecule has 1 saturated heterocycles. The van der Waals surface area contributed by atoms with Crippen LogP contribution in [0.25, 0.3) is 0 Å². The maximum atomic E-state index is 5.79. The zero-order valence-electron chi connectivity index (χ0n) is 10.4. The summed E-state index contributed by atoms with van der Waals surface area (Å²) in [5.41, 5.74) is 0. The van der Waals surface area contributed by atoms with E-state index in [2.05, 4.69) is 25.7 Å². The summed E-state index contributed by atoms with van der Waals surface area (Å²) in [6.45, 7) is 9.08. The highest BCUT2D eigenvalue weighted by atomic mass is 16.5. The predicted molar refractivity (Wildman–Crippen MR) is 63.0 cm³/mol. The highest BCUT2D eigenvalue weighted by molar-refractivity contribution is 4.83. The minimum absolute atomic E-state index is 0.424. The normalized spacial score (nSPS) is 44.2. The van der Waals surface area contributed by atoms with Gasteiger partial charge < -0.3 is 4.74 Å². The topological polar surface area (TPSA) is 12.5 Å². The Morgan fingerprint density at radius 2 is 1.40 bits per heavy atom. The summed E-state index contributed by atoms with van der Waals surface area (Å²) in [6.07, 6.45) is 6.50. The molecule has 0 N–H and O–H groups in total. The first kappa shape index (κ1) is 11.4. The van der Waals surface area contributed by atoms with Crippen molar-refractivity contribution in [1.29, 1.82) is 0 Å². The van der Waals surface area contributed by atoms with Crippen molar-refractivity contribution in [2.24, 2.45) is 5.92 Å². The van der Waals surface area contributed by atoms with E-state index in [1.54, 1.807) is 0 Å². The largest absolute Gasteiger partial charge is 0.373 e. The molecule has 1 aliphatic carbocycles. The fraction of sp³-hybridized carbons (Fsp3) is 1.00. The summed E-state index contributed by atoms with van der Waals surface area (Å²) in [7, 11) is 0. The second-order valence-corrected chi connectivity index (χ2v) is 5.62. The van der Waals surface area contributed by atoms with Gasteiger partial charge in [0, 0.05) is 19.1 Å². The molecule has 0 spiro atoms. The van der Waals surface area contributed by atoms with Crippen LogP contribution < -0.4 is 0 Å². The molecule has 0 bridgehead atoms. The smallest absolute Gasteiger partial charge is 0.0678 e. The molecule has 2 heteroatoms. The molecular formula is C13H25NO. The number of hydrogen-bond acceptors (Lipinski definition) is 2. The molecule has 0 aromatic rings. The molecule has 1 aliphatic heterocycles. The van der Waals surface area contributed by atoms with Crippen molar-refractivity contribution in [1.82, 2.24) is 4.90 Å². The van der Waals surface area contributed by atoms with Crippen molar-refractivity contribution in [2.45, 2.75) is 64.7 Å². The van der Waals surface area contributed by atoms with Crippen molar-refractivity contribution < 1.29 is 4.74 Å². The first-order valence-corrected chi connectivity index (χ1v) is 6.54. The minimum Gasteiger partial charge on any atom is -0.373 e. The second kappa shape index (κ2) is 4.84. The van der Waals surface area contributed by atoms with E-state index in [-0.39, 0.29) is 0 Å². The Morgan fingerprint density at radius 1 is 0.867 bits per heavy atom. The van der Waals surface area contributed by atoms with E-state index in [9.17, 15) is 0 Å². The molecule has 1 heterocycles. The summed E-state index contributed by atoms with van der Waals surface area (Å²) >= 11 is 0. The summed E-state index contributed by atoms with van der Waals surface area (Å²) in [6, 6.07) is 0.843. The Hall–Kier alpha value is -0.0800. The van der Waals surface area contributed by atoms with Gasteiger partial charge in [-0.15, -0.1) is 0 Å². The molecule has 0 unspecified atom stereocenters. The predicted octanol–water partition coefficient (Wildman–Crippen LogP) is 2.67. The summed E-state index contributed by atoms with van der Waals surface area (Å²) in [5, 5.41) is 0. The third-order valence-electron chi connectivity index (χ3n) is 3.95. The number of nitrogens with zero attached hydrogens (tertiary/aromatic N) is 1. The van der Waals surface area contributed by atoms with Gasteiger partial charge in [-0.25, -0.2) is 0 Å². The van der Waals surface area contributed by atoms with Crippen LogP contribution in [0.5, 0.6) is 0 Å². The zero-order valence-corrected chi connectivity index (χ0v) is 10.4. The lowest BCUT2D eigenvalue weighted by molar-refractivity contribution is -0.0850. The summed E-state index contributed by atoms with van der Waals surface area (Å²) in [4.78, 5) is 2.67. The maximum Gasteiger partial charge on any atom is 0.0678 e. The molecular weight excluding hydrogens is 186 g/mol. The molecule has 2 atom stereocenters. The van der Waals surface area contributed by atoms with Gasteiger partial charge in [-0.05, 0) is 45.4 Å². The Morgan fingerprint density at radius 3 is 1.93 bits per heavy atom. The number of ether oxygens (including phenoxy) is 1. The molecule has 0 aromatic carbocycles. The van der Waals surface area contributed by atoms with Crippen molar-refractivity contribution >= 4 is 0 Å². The third-order valence-corrected chi connectivity index (χ3v) is 3.95. The number of morpholine rings is 1. The van der Waals surface area contributed by atoms with E-state index in [0.29, 0.717) is 12.2 Å². The first-order valence-electron chi connectivity index (χ1n) is 6.54. The Kier molecular flexibility index (Phi) is 3.68. The van der Waals surface area contributed by atoms with Gasteiger partial charge in [0.1, 0.15) is 0 Å². The van der Waals surface area contributed by atoms with Crippen LogP contribution in [-0.2, 0) is 4.74 Å². The molecule has 2 fully saturated rings. The molecule has 15 heavy (non-hydrogen) atoms. The van der Waals surface area contributed by atoms with E-state index in [1.807, 2.05) is 0 Å². The van der Waals surface area contributed by atoms with Crippen LogP contribution >= 0.6 is 0 Å². The van der Waals surface area contributed by atoms with E-state index in [1.165, 1.54) is 25.7 Å². The van der Waals surface area contributed by atoms with E-state index < -0.39 is 0 Å². The van der Waals surface area contributed by atoms with Gasteiger partial charge in [-0.3, -0.25) is 4.90 Å². The molecule has 0 aromatic heterocycles. The summed E-state index contributed by atoms with van der Waals surface area (Å²) < 4.78 is 5.79. The molecule has 0 amide bonds. The third kappa shape index (κ3) is 2.94. The van der Waals surface area contributed by atoms with Crippen LogP contribution in [0, 0.1) is 5.92 Å². The lowest BCUT2D eigenvalue weighted by atomic mass is 9.86. The van der Waals surface area contributed by atoms with Gasteiger partial charge in [0.25, 0.3) is 0 Å². The molecule has 2 aliphatic rings. The number of rotatable bonds is 1. The lowest BCUT2D eigenvalue weighted by Gasteiger charge is -2.42. The van der Waals surface area contributed by atoms with Crippen LogP contribution in [0.4, 0.5) is 0 Å². The van der Waals surface area contributed by atoms with Gasteiger partial charge in [0.2, 0.25) is 0 Å². The molecule has 0 radical (unpaired) electrons. The van der Waals surface area contributed by atoms with Crippen LogP contribution in [0.1, 0.15) is 46.5 Å². The van der Waals surface area contributed by atoms with Crippen molar-refractivity contribution in [2.75, 3.05) is 13.1 Å². The molecule has 88 valence electrons. The minimum atomic E-state index is 0.424. The van der Waals surface area contributed by atoms with Crippen molar-refractivity contribution in [3.63, 3.8) is 0 Å². The first-order chi connectivity index (χ1) is 7.15. The quantitative estimate of drug-likeness (QED) is 0.661. The van der Waals surface area contributed by atoms with Gasteiger partial charge in [-0.2, -0.15) is 0 Å². The molecule has 2 rings (SSSR count). The average molecular weight is 211 g/mol. The maximum absolute atomic E-state index is 5.79. The number of hydrogen-bond donors (Lipinski definition) is 0.